The number of ketones is 1. The lowest BCUT2D eigenvalue weighted by molar-refractivity contribution is 0.0469. The predicted octanol–water partition coefficient (Wildman–Crippen LogP) is 3.85. The zero-order chi connectivity index (χ0) is 25.0. The summed E-state index contributed by atoms with van der Waals surface area (Å²) in [6.07, 6.45) is 0. The average molecular weight is 467 g/mol. The van der Waals surface area contributed by atoms with Crippen molar-refractivity contribution < 1.29 is 37.8 Å². The number of carbonyl (C=O) groups excluding carboxylic acids is 4. The number of benzene rings is 2. The third kappa shape index (κ3) is 4.88. The topological polar surface area (TPSA) is 101 Å². The molecule has 8 nitrogen and oxygen atoms in total. The highest BCUT2D eigenvalue weighted by Gasteiger charge is 2.21. The Hall–Kier alpha value is -4.27. The van der Waals surface area contributed by atoms with E-state index < -0.39 is 36.1 Å². The van der Waals surface area contributed by atoms with Gasteiger partial charge in [0.05, 0.1) is 30.9 Å². The summed E-state index contributed by atoms with van der Waals surface area (Å²) in [5, 5.41) is 0. The van der Waals surface area contributed by atoms with Crippen molar-refractivity contribution in [3.63, 3.8) is 0 Å². The zero-order valence-electron chi connectivity index (χ0n) is 19.0. The normalized spacial score (nSPS) is 10.5. The van der Waals surface area contributed by atoms with Crippen molar-refractivity contribution in [3.8, 4) is 5.69 Å². The maximum atomic E-state index is 13.8. The van der Waals surface area contributed by atoms with Crippen LogP contribution >= 0.6 is 0 Å². The van der Waals surface area contributed by atoms with E-state index in [1.807, 2.05) is 0 Å². The Morgan fingerprint density at radius 3 is 1.97 bits per heavy atom. The smallest absolute Gasteiger partial charge is 0.341 e. The molecule has 3 aromatic rings. The first kappa shape index (κ1) is 24.4. The van der Waals surface area contributed by atoms with Crippen LogP contribution < -0.4 is 0 Å². The standard InChI is InChI=1S/C25H22FNO7/c1-14-9-20(22(28)13-34-25(31)19-7-5-6-8-21(19)26)15(2)27(14)18-11-16(23(29)32-3)10-17(12-18)24(30)33-4/h5-12H,13H2,1-4H3. The molecule has 0 N–H and O–H groups in total. The fourth-order valence-electron chi connectivity index (χ4n) is 3.57. The van der Waals surface area contributed by atoms with Crippen molar-refractivity contribution >= 4 is 23.7 Å². The molecular weight excluding hydrogens is 445 g/mol. The summed E-state index contributed by atoms with van der Waals surface area (Å²) in [5.74, 6) is -3.49. The van der Waals surface area contributed by atoms with Gasteiger partial charge in [0.2, 0.25) is 5.78 Å². The molecule has 2 aromatic carbocycles. The molecule has 0 spiro atoms. The Morgan fingerprint density at radius 1 is 0.824 bits per heavy atom. The van der Waals surface area contributed by atoms with Crippen molar-refractivity contribution in [1.29, 1.82) is 0 Å². The molecule has 0 atom stereocenters. The molecule has 0 saturated heterocycles. The second-order valence-corrected chi connectivity index (χ2v) is 7.35. The van der Waals surface area contributed by atoms with Gasteiger partial charge in [-0.05, 0) is 50.2 Å². The molecule has 0 radical (unpaired) electrons. The van der Waals surface area contributed by atoms with Crippen LogP contribution in [-0.2, 0) is 14.2 Å². The maximum absolute atomic E-state index is 13.8. The molecule has 9 heteroatoms. The molecule has 1 heterocycles. The minimum atomic E-state index is -0.950. The highest BCUT2D eigenvalue weighted by molar-refractivity contribution is 6.01. The number of hydrogen-bond donors (Lipinski definition) is 0. The lowest BCUT2D eigenvalue weighted by Crippen LogP contribution is -2.16. The van der Waals surface area contributed by atoms with Crippen LogP contribution in [0.4, 0.5) is 4.39 Å². The molecular formula is C25H22FNO7. The highest BCUT2D eigenvalue weighted by Crippen LogP contribution is 2.24. The van der Waals surface area contributed by atoms with Crippen LogP contribution in [0.5, 0.6) is 0 Å². The van der Waals surface area contributed by atoms with Gasteiger partial charge in [-0.3, -0.25) is 4.79 Å². The van der Waals surface area contributed by atoms with E-state index in [-0.39, 0.29) is 22.3 Å². The molecule has 0 fully saturated rings. The van der Waals surface area contributed by atoms with E-state index in [2.05, 4.69) is 0 Å². The lowest BCUT2D eigenvalue weighted by Gasteiger charge is -2.13. The van der Waals surface area contributed by atoms with Gasteiger partial charge in [0.15, 0.2) is 6.61 Å². The number of nitrogens with zero attached hydrogens (tertiary/aromatic N) is 1. The van der Waals surface area contributed by atoms with Gasteiger partial charge in [-0.25, -0.2) is 18.8 Å². The van der Waals surface area contributed by atoms with Crippen LogP contribution in [0.1, 0.15) is 52.8 Å². The van der Waals surface area contributed by atoms with E-state index in [9.17, 15) is 23.6 Å². The van der Waals surface area contributed by atoms with E-state index in [0.717, 1.165) is 6.07 Å². The molecule has 0 amide bonds. The summed E-state index contributed by atoms with van der Waals surface area (Å²) >= 11 is 0. The molecule has 34 heavy (non-hydrogen) atoms. The van der Waals surface area contributed by atoms with Crippen molar-refractivity contribution in [2.45, 2.75) is 13.8 Å². The van der Waals surface area contributed by atoms with E-state index in [0.29, 0.717) is 17.1 Å². The van der Waals surface area contributed by atoms with Gasteiger partial charge in [0.1, 0.15) is 5.82 Å². The van der Waals surface area contributed by atoms with Crippen LogP contribution in [0, 0.1) is 19.7 Å². The Balaban J connectivity index is 1.92. The van der Waals surface area contributed by atoms with Gasteiger partial charge in [0.25, 0.3) is 0 Å². The molecule has 0 aliphatic heterocycles. The first-order valence-corrected chi connectivity index (χ1v) is 10.1. The fraction of sp³-hybridized carbons (Fsp3) is 0.200. The summed E-state index contributed by atoms with van der Waals surface area (Å²) in [4.78, 5) is 49.2. The third-order valence-electron chi connectivity index (χ3n) is 5.18. The Kier molecular flexibility index (Phi) is 7.25. The predicted molar refractivity (Wildman–Crippen MR) is 119 cm³/mol. The van der Waals surface area contributed by atoms with E-state index in [1.165, 1.54) is 50.6 Å². The number of esters is 3. The number of Topliss-reactive ketones (excluding diaryl/α,β-unsaturated/α-hetero) is 1. The maximum Gasteiger partial charge on any atom is 0.341 e. The van der Waals surface area contributed by atoms with Crippen molar-refractivity contribution in [1.82, 2.24) is 4.57 Å². The van der Waals surface area contributed by atoms with Gasteiger partial charge >= 0.3 is 17.9 Å². The third-order valence-corrected chi connectivity index (χ3v) is 5.18. The van der Waals surface area contributed by atoms with Gasteiger partial charge in [-0.1, -0.05) is 12.1 Å². The van der Waals surface area contributed by atoms with Crippen LogP contribution in [0.3, 0.4) is 0 Å². The van der Waals surface area contributed by atoms with Gasteiger partial charge in [-0.2, -0.15) is 0 Å². The second-order valence-electron chi connectivity index (χ2n) is 7.35. The Bertz CT molecular complexity index is 1260. The monoisotopic (exact) mass is 467 g/mol. The summed E-state index contributed by atoms with van der Waals surface area (Å²) < 4.78 is 30.0. The van der Waals surface area contributed by atoms with E-state index in [4.69, 9.17) is 14.2 Å². The van der Waals surface area contributed by atoms with Crippen LogP contribution in [0.25, 0.3) is 5.69 Å². The van der Waals surface area contributed by atoms with Crippen molar-refractivity contribution in [2.24, 2.45) is 0 Å². The minimum Gasteiger partial charge on any atom is -0.465 e. The largest absolute Gasteiger partial charge is 0.465 e. The fourth-order valence-corrected chi connectivity index (χ4v) is 3.57. The van der Waals surface area contributed by atoms with Gasteiger partial charge in [0, 0.05) is 22.6 Å². The van der Waals surface area contributed by atoms with Crippen molar-refractivity contribution in [3.05, 3.63) is 88.0 Å². The minimum absolute atomic E-state index is 0.125. The summed E-state index contributed by atoms with van der Waals surface area (Å²) in [5.41, 5.74) is 1.79. The number of methoxy groups -OCH3 is 2. The number of halogens is 1. The van der Waals surface area contributed by atoms with Crippen LogP contribution in [0.15, 0.2) is 48.5 Å². The van der Waals surface area contributed by atoms with Gasteiger partial charge in [-0.15, -0.1) is 0 Å². The second kappa shape index (κ2) is 10.1. The number of hydrogen-bond acceptors (Lipinski definition) is 7. The van der Waals surface area contributed by atoms with Crippen LogP contribution in [0.2, 0.25) is 0 Å². The molecule has 1 aromatic heterocycles. The number of carbonyl (C=O) groups is 4. The molecule has 0 aliphatic rings. The van der Waals surface area contributed by atoms with Gasteiger partial charge < -0.3 is 18.8 Å². The molecule has 0 saturated carbocycles. The Labute approximate surface area is 194 Å². The summed E-state index contributed by atoms with van der Waals surface area (Å²) in [6, 6.07) is 11.3. The molecule has 0 bridgehead atoms. The van der Waals surface area contributed by atoms with Crippen molar-refractivity contribution in [2.75, 3.05) is 20.8 Å². The van der Waals surface area contributed by atoms with E-state index in [1.54, 1.807) is 24.5 Å². The quantitative estimate of drug-likeness (QED) is 0.296. The SMILES string of the molecule is COC(=O)c1cc(C(=O)OC)cc(-n2c(C)cc(C(=O)COC(=O)c3ccccc3F)c2C)c1. The molecule has 0 aliphatic carbocycles. The highest BCUT2D eigenvalue weighted by atomic mass is 19.1. The first-order valence-electron chi connectivity index (χ1n) is 10.1. The number of aryl methyl sites for hydroxylation is 1. The summed E-state index contributed by atoms with van der Waals surface area (Å²) in [7, 11) is 2.44. The molecule has 176 valence electrons. The molecule has 0 unspecified atom stereocenters. The van der Waals surface area contributed by atoms with E-state index >= 15 is 0 Å². The molecule has 3 rings (SSSR count). The first-order chi connectivity index (χ1) is 16.2. The summed E-state index contributed by atoms with van der Waals surface area (Å²) in [6.45, 7) is 2.81. The number of aromatic nitrogens is 1. The Morgan fingerprint density at radius 2 is 1.41 bits per heavy atom. The average Bonchev–Trinajstić information content (AvgIpc) is 3.14. The number of rotatable bonds is 7. The zero-order valence-corrected chi connectivity index (χ0v) is 19.0. The number of ether oxygens (including phenoxy) is 3. The lowest BCUT2D eigenvalue weighted by atomic mass is 10.1. The van der Waals surface area contributed by atoms with Crippen LogP contribution in [-0.4, -0.2) is 49.1 Å².